The number of hydrogen-bond acceptors (Lipinski definition) is 2. The largest absolute Gasteiger partial charge is 0.372 e. The Balaban J connectivity index is 2.05. The van der Waals surface area contributed by atoms with Crippen molar-refractivity contribution in [3.8, 4) is 0 Å². The molecule has 0 fully saturated rings. The Bertz CT molecular complexity index is 532. The van der Waals surface area contributed by atoms with E-state index in [1.807, 2.05) is 31.2 Å². The minimum Gasteiger partial charge on any atom is -0.372 e. The smallest absolute Gasteiger partial charge is 0.246 e. The van der Waals surface area contributed by atoms with Crippen LogP contribution < -0.4 is 5.32 Å². The molecule has 0 saturated heterocycles. The van der Waals surface area contributed by atoms with Gasteiger partial charge in [0.15, 0.2) is 0 Å². The molecule has 0 aromatic heterocycles. The first-order valence-corrected chi connectivity index (χ1v) is 6.12. The Morgan fingerprint density at radius 2 is 1.94 bits per heavy atom. The lowest BCUT2D eigenvalue weighted by molar-refractivity contribution is -0.125. The highest BCUT2D eigenvalue weighted by Gasteiger charge is 2.03. The average Bonchev–Trinajstić information content (AvgIpc) is 2.42. The molecule has 0 saturated carbocycles. The minimum absolute atomic E-state index is 0.0789. The van der Waals surface area contributed by atoms with Crippen molar-refractivity contribution in [2.24, 2.45) is 0 Å². The predicted molar refractivity (Wildman–Crippen MR) is 72.3 cm³/mol. The molecule has 0 aliphatic carbocycles. The van der Waals surface area contributed by atoms with Gasteiger partial charge in [0.05, 0.1) is 0 Å². The zero-order valence-electron chi connectivity index (χ0n) is 10.5. The van der Waals surface area contributed by atoms with Crippen LogP contribution in [0.25, 0.3) is 10.8 Å². The summed E-state index contributed by atoms with van der Waals surface area (Å²) in [4.78, 5) is 11.5. The Kier molecular flexibility index (Phi) is 4.31. The van der Waals surface area contributed by atoms with Crippen molar-refractivity contribution in [2.75, 3.05) is 13.2 Å². The SMILES string of the molecule is CCOCC(=O)NCc1cccc2ccccc12. The van der Waals surface area contributed by atoms with Gasteiger partial charge in [-0.05, 0) is 23.3 Å². The highest BCUT2D eigenvalue weighted by Crippen LogP contribution is 2.18. The fraction of sp³-hybridized carbons (Fsp3) is 0.267. The summed E-state index contributed by atoms with van der Waals surface area (Å²) >= 11 is 0. The minimum atomic E-state index is -0.0789. The lowest BCUT2D eigenvalue weighted by Crippen LogP contribution is -2.27. The summed E-state index contributed by atoms with van der Waals surface area (Å²) in [6.45, 7) is 3.09. The van der Waals surface area contributed by atoms with Crippen molar-refractivity contribution in [3.05, 3.63) is 48.0 Å². The van der Waals surface area contributed by atoms with Gasteiger partial charge in [-0.1, -0.05) is 42.5 Å². The number of rotatable bonds is 5. The second-order valence-electron chi connectivity index (χ2n) is 4.05. The van der Waals surface area contributed by atoms with Crippen LogP contribution in [-0.2, 0) is 16.1 Å². The monoisotopic (exact) mass is 243 g/mol. The quantitative estimate of drug-likeness (QED) is 0.876. The Hall–Kier alpha value is -1.87. The van der Waals surface area contributed by atoms with Crippen molar-refractivity contribution in [1.29, 1.82) is 0 Å². The molecule has 1 N–H and O–H groups in total. The Morgan fingerprint density at radius 3 is 2.78 bits per heavy atom. The number of nitrogens with one attached hydrogen (secondary N) is 1. The number of ether oxygens (including phenoxy) is 1. The fourth-order valence-corrected chi connectivity index (χ4v) is 1.89. The molecule has 94 valence electrons. The maximum atomic E-state index is 11.5. The first kappa shape index (κ1) is 12.6. The van der Waals surface area contributed by atoms with Gasteiger partial charge < -0.3 is 10.1 Å². The molecule has 2 aromatic carbocycles. The molecule has 0 spiro atoms. The molecule has 0 aliphatic rings. The molecule has 1 amide bonds. The molecule has 0 bridgehead atoms. The Labute approximate surface area is 107 Å². The van der Waals surface area contributed by atoms with Crippen LogP contribution in [0.5, 0.6) is 0 Å². The third kappa shape index (κ3) is 3.08. The molecular weight excluding hydrogens is 226 g/mol. The van der Waals surface area contributed by atoms with Crippen LogP contribution in [0.3, 0.4) is 0 Å². The van der Waals surface area contributed by atoms with E-state index in [4.69, 9.17) is 4.74 Å². The van der Waals surface area contributed by atoms with Gasteiger partial charge in [0.1, 0.15) is 6.61 Å². The highest BCUT2D eigenvalue weighted by molar-refractivity contribution is 5.86. The van der Waals surface area contributed by atoms with E-state index in [0.717, 1.165) is 5.56 Å². The summed E-state index contributed by atoms with van der Waals surface area (Å²) in [5.74, 6) is -0.0789. The van der Waals surface area contributed by atoms with Gasteiger partial charge in [-0.15, -0.1) is 0 Å². The van der Waals surface area contributed by atoms with Gasteiger partial charge in [-0.3, -0.25) is 4.79 Å². The van der Waals surface area contributed by atoms with Crippen LogP contribution in [-0.4, -0.2) is 19.1 Å². The summed E-state index contributed by atoms with van der Waals surface area (Å²) in [6, 6.07) is 14.3. The van der Waals surface area contributed by atoms with Crippen LogP contribution in [0.4, 0.5) is 0 Å². The summed E-state index contributed by atoms with van der Waals surface area (Å²) in [5.41, 5.74) is 1.12. The average molecular weight is 243 g/mol. The normalized spacial score (nSPS) is 10.5. The molecule has 18 heavy (non-hydrogen) atoms. The molecular formula is C15H17NO2. The summed E-state index contributed by atoms with van der Waals surface area (Å²) < 4.78 is 5.06. The van der Waals surface area contributed by atoms with Gasteiger partial charge in [0, 0.05) is 13.2 Å². The summed E-state index contributed by atoms with van der Waals surface area (Å²) in [5, 5.41) is 5.23. The van der Waals surface area contributed by atoms with Crippen molar-refractivity contribution in [2.45, 2.75) is 13.5 Å². The molecule has 2 aromatic rings. The molecule has 3 nitrogen and oxygen atoms in total. The topological polar surface area (TPSA) is 38.3 Å². The van der Waals surface area contributed by atoms with E-state index in [9.17, 15) is 4.79 Å². The standard InChI is InChI=1S/C15H17NO2/c1-2-18-11-15(17)16-10-13-8-5-7-12-6-3-4-9-14(12)13/h3-9H,2,10-11H2,1H3,(H,16,17). The Morgan fingerprint density at radius 1 is 1.17 bits per heavy atom. The maximum absolute atomic E-state index is 11.5. The molecule has 0 aliphatic heterocycles. The van der Waals surface area contributed by atoms with Crippen molar-refractivity contribution in [3.63, 3.8) is 0 Å². The summed E-state index contributed by atoms with van der Waals surface area (Å²) in [6.07, 6.45) is 0. The first-order valence-electron chi connectivity index (χ1n) is 6.12. The van der Waals surface area contributed by atoms with E-state index in [0.29, 0.717) is 13.2 Å². The van der Waals surface area contributed by atoms with Gasteiger partial charge in [-0.2, -0.15) is 0 Å². The first-order chi connectivity index (χ1) is 8.81. The predicted octanol–water partition coefficient (Wildman–Crippen LogP) is 2.49. The summed E-state index contributed by atoms with van der Waals surface area (Å²) in [7, 11) is 0. The highest BCUT2D eigenvalue weighted by atomic mass is 16.5. The second-order valence-corrected chi connectivity index (χ2v) is 4.05. The zero-order valence-corrected chi connectivity index (χ0v) is 10.5. The fourth-order valence-electron chi connectivity index (χ4n) is 1.89. The van der Waals surface area contributed by atoms with Gasteiger partial charge in [0.2, 0.25) is 5.91 Å². The maximum Gasteiger partial charge on any atom is 0.246 e. The van der Waals surface area contributed by atoms with Gasteiger partial charge in [-0.25, -0.2) is 0 Å². The van der Waals surface area contributed by atoms with E-state index >= 15 is 0 Å². The van der Waals surface area contributed by atoms with Crippen molar-refractivity contribution in [1.82, 2.24) is 5.32 Å². The number of carbonyl (C=O) groups excluding carboxylic acids is 1. The number of amides is 1. The van der Waals surface area contributed by atoms with E-state index in [2.05, 4.69) is 23.5 Å². The molecule has 0 heterocycles. The van der Waals surface area contributed by atoms with Crippen LogP contribution in [0.2, 0.25) is 0 Å². The number of hydrogen-bond donors (Lipinski definition) is 1. The van der Waals surface area contributed by atoms with E-state index < -0.39 is 0 Å². The van der Waals surface area contributed by atoms with Crippen molar-refractivity contribution >= 4 is 16.7 Å². The lowest BCUT2D eigenvalue weighted by atomic mass is 10.0. The van der Waals surface area contributed by atoms with Gasteiger partial charge >= 0.3 is 0 Å². The molecule has 3 heteroatoms. The lowest BCUT2D eigenvalue weighted by Gasteiger charge is -2.08. The van der Waals surface area contributed by atoms with Gasteiger partial charge in [0.25, 0.3) is 0 Å². The second kappa shape index (κ2) is 6.17. The van der Waals surface area contributed by atoms with Crippen molar-refractivity contribution < 1.29 is 9.53 Å². The number of carbonyl (C=O) groups is 1. The van der Waals surface area contributed by atoms with Crippen LogP contribution in [0, 0.1) is 0 Å². The number of benzene rings is 2. The van der Waals surface area contributed by atoms with Crippen LogP contribution >= 0.6 is 0 Å². The number of fused-ring (bicyclic) bond motifs is 1. The molecule has 0 atom stereocenters. The molecule has 0 unspecified atom stereocenters. The van der Waals surface area contributed by atoms with E-state index in [1.54, 1.807) is 0 Å². The van der Waals surface area contributed by atoms with Crippen LogP contribution in [0.1, 0.15) is 12.5 Å². The zero-order chi connectivity index (χ0) is 12.8. The van der Waals surface area contributed by atoms with E-state index in [1.165, 1.54) is 10.8 Å². The third-order valence-corrected chi connectivity index (χ3v) is 2.79. The van der Waals surface area contributed by atoms with Crippen LogP contribution in [0.15, 0.2) is 42.5 Å². The molecule has 2 rings (SSSR count). The van der Waals surface area contributed by atoms with E-state index in [-0.39, 0.29) is 12.5 Å². The third-order valence-electron chi connectivity index (χ3n) is 2.79. The molecule has 0 radical (unpaired) electrons.